The second-order valence-electron chi connectivity index (χ2n) is 6.26. The van der Waals surface area contributed by atoms with Gasteiger partial charge in [-0.3, -0.25) is 4.99 Å². The number of pyridine rings is 1. The number of aryl methyl sites for hydroxylation is 1. The molecule has 8 heteroatoms. The Balaban J connectivity index is 1.94. The molecule has 0 atom stereocenters. The van der Waals surface area contributed by atoms with Crippen molar-refractivity contribution in [3.05, 3.63) is 74.1 Å². The molecule has 1 aliphatic heterocycles. The molecule has 0 aliphatic carbocycles. The van der Waals surface area contributed by atoms with Crippen molar-refractivity contribution in [2.45, 2.75) is 32.9 Å². The fraction of sp³-hybridized carbons (Fsp3) is 0.263. The molecule has 6 nitrogen and oxygen atoms in total. The van der Waals surface area contributed by atoms with Crippen LogP contribution in [0.25, 0.3) is 5.69 Å². The zero-order chi connectivity index (χ0) is 19.0. The second-order valence-corrected chi connectivity index (χ2v) is 7.05. The van der Waals surface area contributed by atoms with Crippen LogP contribution in [-0.4, -0.2) is 25.0 Å². The van der Waals surface area contributed by atoms with Crippen molar-refractivity contribution in [3.63, 3.8) is 0 Å². The molecule has 3 aromatic rings. The number of aromatic nitrogens is 4. The first-order valence-corrected chi connectivity index (χ1v) is 9.51. The zero-order valence-corrected chi connectivity index (χ0v) is 16.2. The highest BCUT2D eigenvalue weighted by molar-refractivity contribution is 6.35. The van der Waals surface area contributed by atoms with Gasteiger partial charge in [-0.05, 0) is 24.6 Å². The summed E-state index contributed by atoms with van der Waals surface area (Å²) in [7, 11) is 0. The van der Waals surface area contributed by atoms with Gasteiger partial charge >= 0.3 is 5.69 Å². The molecule has 0 fully saturated rings. The molecule has 0 bridgehead atoms. The molecule has 1 aliphatic rings. The van der Waals surface area contributed by atoms with Crippen molar-refractivity contribution in [1.29, 1.82) is 0 Å². The molecule has 0 unspecified atom stereocenters. The fourth-order valence-electron chi connectivity index (χ4n) is 3.12. The van der Waals surface area contributed by atoms with Gasteiger partial charge in [0.1, 0.15) is 17.4 Å². The Labute approximate surface area is 166 Å². The zero-order valence-electron chi connectivity index (χ0n) is 14.7. The Hall–Kier alpha value is -2.44. The SMILES string of the molecule is CCCCn1nc2n(c1=O)-c1ccc(Cl)nc1C(c1ccccc1Cl)=NC2. The van der Waals surface area contributed by atoms with E-state index in [4.69, 9.17) is 23.2 Å². The average Bonchev–Trinajstić information content (AvgIpc) is 2.88. The summed E-state index contributed by atoms with van der Waals surface area (Å²) < 4.78 is 3.06. The molecule has 2 aromatic heterocycles. The van der Waals surface area contributed by atoms with Crippen LogP contribution in [0.3, 0.4) is 0 Å². The maximum atomic E-state index is 13.0. The number of hydrogen-bond acceptors (Lipinski definition) is 4. The van der Waals surface area contributed by atoms with Crippen molar-refractivity contribution in [3.8, 4) is 5.69 Å². The van der Waals surface area contributed by atoms with Gasteiger partial charge in [0.2, 0.25) is 0 Å². The lowest BCUT2D eigenvalue weighted by molar-refractivity contribution is 0.548. The van der Waals surface area contributed by atoms with E-state index in [2.05, 4.69) is 22.0 Å². The van der Waals surface area contributed by atoms with Crippen molar-refractivity contribution >= 4 is 28.9 Å². The van der Waals surface area contributed by atoms with Crippen molar-refractivity contribution in [2.24, 2.45) is 4.99 Å². The van der Waals surface area contributed by atoms with E-state index in [0.717, 1.165) is 18.4 Å². The summed E-state index contributed by atoms with van der Waals surface area (Å²) in [6.45, 7) is 2.91. The monoisotopic (exact) mass is 401 g/mol. The van der Waals surface area contributed by atoms with E-state index in [1.54, 1.807) is 22.8 Å². The van der Waals surface area contributed by atoms with E-state index in [9.17, 15) is 4.79 Å². The van der Waals surface area contributed by atoms with Crippen LogP contribution in [0.1, 0.15) is 36.8 Å². The summed E-state index contributed by atoms with van der Waals surface area (Å²) in [6.07, 6.45) is 1.87. The molecule has 1 aromatic carbocycles. The van der Waals surface area contributed by atoms with Gasteiger partial charge in [-0.15, -0.1) is 0 Å². The predicted octanol–water partition coefficient (Wildman–Crippen LogP) is 3.89. The van der Waals surface area contributed by atoms with E-state index in [-0.39, 0.29) is 12.2 Å². The number of fused-ring (bicyclic) bond motifs is 3. The van der Waals surface area contributed by atoms with Crippen molar-refractivity contribution in [2.75, 3.05) is 0 Å². The number of aliphatic imine (C=N–C) groups is 1. The lowest BCUT2D eigenvalue weighted by atomic mass is 10.1. The standard InChI is InChI=1S/C19H17Cl2N5O/c1-2-3-10-25-19(27)26-14-8-9-15(21)23-18(14)17(22-11-16(26)24-25)12-6-4-5-7-13(12)20/h4-9H,2-3,10-11H2,1H3. The van der Waals surface area contributed by atoms with Gasteiger partial charge in [-0.1, -0.05) is 54.7 Å². The molecule has 138 valence electrons. The van der Waals surface area contributed by atoms with Gasteiger partial charge in [-0.25, -0.2) is 19.0 Å². The Bertz CT molecular complexity index is 1100. The lowest BCUT2D eigenvalue weighted by Crippen LogP contribution is -2.25. The normalized spacial score (nSPS) is 12.9. The summed E-state index contributed by atoms with van der Waals surface area (Å²) in [5.74, 6) is 0.573. The Morgan fingerprint density at radius 1 is 1.15 bits per heavy atom. The van der Waals surface area contributed by atoms with Crippen LogP contribution in [-0.2, 0) is 13.1 Å². The molecular weight excluding hydrogens is 385 g/mol. The first-order chi connectivity index (χ1) is 13.1. The predicted molar refractivity (Wildman–Crippen MR) is 106 cm³/mol. The molecule has 3 heterocycles. The summed E-state index contributed by atoms with van der Waals surface area (Å²) in [5.41, 5.74) is 2.28. The van der Waals surface area contributed by atoms with Gasteiger partial charge in [0, 0.05) is 12.1 Å². The molecular formula is C19H17Cl2N5O. The van der Waals surface area contributed by atoms with Crippen LogP contribution >= 0.6 is 23.2 Å². The van der Waals surface area contributed by atoms with E-state index in [1.165, 1.54) is 4.68 Å². The quantitative estimate of drug-likeness (QED) is 0.622. The molecule has 27 heavy (non-hydrogen) atoms. The van der Waals surface area contributed by atoms with Gasteiger partial charge in [0.05, 0.1) is 16.4 Å². The third kappa shape index (κ3) is 3.19. The summed E-state index contributed by atoms with van der Waals surface area (Å²) in [5, 5.41) is 5.37. The highest BCUT2D eigenvalue weighted by Crippen LogP contribution is 2.26. The van der Waals surface area contributed by atoms with Gasteiger partial charge in [-0.2, -0.15) is 5.10 Å². The first-order valence-electron chi connectivity index (χ1n) is 8.75. The molecule has 0 saturated heterocycles. The maximum absolute atomic E-state index is 13.0. The van der Waals surface area contributed by atoms with E-state index >= 15 is 0 Å². The number of benzene rings is 1. The van der Waals surface area contributed by atoms with Crippen LogP contribution in [0.5, 0.6) is 0 Å². The largest absolute Gasteiger partial charge is 0.350 e. The van der Waals surface area contributed by atoms with E-state index in [1.807, 2.05) is 18.2 Å². The molecule has 0 amide bonds. The summed E-state index contributed by atoms with van der Waals surface area (Å²) in [4.78, 5) is 22.1. The van der Waals surface area contributed by atoms with E-state index < -0.39 is 0 Å². The molecule has 4 rings (SSSR count). The third-order valence-corrected chi connectivity index (χ3v) is 4.98. The van der Waals surface area contributed by atoms with Crippen molar-refractivity contribution < 1.29 is 0 Å². The lowest BCUT2D eigenvalue weighted by Gasteiger charge is -2.11. The topological polar surface area (TPSA) is 65.1 Å². The maximum Gasteiger partial charge on any atom is 0.350 e. The van der Waals surface area contributed by atoms with Gasteiger partial charge < -0.3 is 0 Å². The third-order valence-electron chi connectivity index (χ3n) is 4.44. The number of nitrogens with zero attached hydrogens (tertiary/aromatic N) is 5. The van der Waals surface area contributed by atoms with E-state index in [0.29, 0.717) is 39.6 Å². The van der Waals surface area contributed by atoms with Crippen LogP contribution < -0.4 is 5.69 Å². The minimum absolute atomic E-state index is 0.195. The van der Waals surface area contributed by atoms with Crippen LogP contribution in [0.4, 0.5) is 0 Å². The fourth-order valence-corrected chi connectivity index (χ4v) is 3.50. The Kier molecular flexibility index (Phi) is 4.85. The minimum Gasteiger partial charge on any atom is -0.274 e. The van der Waals surface area contributed by atoms with Crippen molar-refractivity contribution in [1.82, 2.24) is 19.3 Å². The minimum atomic E-state index is -0.195. The van der Waals surface area contributed by atoms with Gasteiger partial charge in [0.25, 0.3) is 0 Å². The van der Waals surface area contributed by atoms with Crippen LogP contribution in [0.15, 0.2) is 46.2 Å². The molecule has 0 saturated carbocycles. The molecule has 0 spiro atoms. The molecule has 0 N–H and O–H groups in total. The smallest absolute Gasteiger partial charge is 0.274 e. The number of unbranched alkanes of at least 4 members (excludes halogenated alkanes) is 1. The first kappa shape index (κ1) is 17.9. The number of hydrogen-bond donors (Lipinski definition) is 0. The number of halogens is 2. The second kappa shape index (κ2) is 7.29. The average molecular weight is 402 g/mol. The van der Waals surface area contributed by atoms with Gasteiger partial charge in [0.15, 0.2) is 5.82 Å². The Morgan fingerprint density at radius 2 is 1.96 bits per heavy atom. The Morgan fingerprint density at radius 3 is 2.74 bits per heavy atom. The molecule has 0 radical (unpaired) electrons. The number of rotatable bonds is 4. The highest BCUT2D eigenvalue weighted by Gasteiger charge is 2.25. The summed E-state index contributed by atoms with van der Waals surface area (Å²) >= 11 is 12.5. The van der Waals surface area contributed by atoms with Crippen LogP contribution in [0.2, 0.25) is 10.2 Å². The van der Waals surface area contributed by atoms with Crippen LogP contribution in [0, 0.1) is 0 Å². The summed E-state index contributed by atoms with van der Waals surface area (Å²) in [6, 6.07) is 10.8. The highest BCUT2D eigenvalue weighted by atomic mass is 35.5.